The number of hydrogen-bond donors (Lipinski definition) is 0. The van der Waals surface area contributed by atoms with Gasteiger partial charge < -0.3 is 4.74 Å². The van der Waals surface area contributed by atoms with Gasteiger partial charge in [0.2, 0.25) is 0 Å². The van der Waals surface area contributed by atoms with Gasteiger partial charge in [-0.3, -0.25) is 14.5 Å². The van der Waals surface area contributed by atoms with Gasteiger partial charge >= 0.3 is 5.97 Å². The van der Waals surface area contributed by atoms with Crippen molar-refractivity contribution in [3.8, 4) is 0 Å². The summed E-state index contributed by atoms with van der Waals surface area (Å²) in [4.78, 5) is 36.5. The molecule has 0 aromatic heterocycles. The van der Waals surface area contributed by atoms with E-state index >= 15 is 0 Å². The molecule has 0 saturated carbocycles. The molecule has 0 spiro atoms. The van der Waals surface area contributed by atoms with Crippen molar-refractivity contribution >= 4 is 39.2 Å². The second-order valence-corrected chi connectivity index (χ2v) is 7.80. The van der Waals surface area contributed by atoms with E-state index in [1.807, 2.05) is 0 Å². The van der Waals surface area contributed by atoms with Crippen LogP contribution >= 0.6 is 11.6 Å². The molecule has 0 bridgehead atoms. The van der Waals surface area contributed by atoms with Crippen molar-refractivity contribution in [2.45, 2.75) is 4.90 Å². The van der Waals surface area contributed by atoms with Crippen LogP contribution in [-0.4, -0.2) is 44.1 Å². The first-order valence-corrected chi connectivity index (χ1v) is 9.35. The second-order valence-electron chi connectivity index (χ2n) is 5.46. The number of ether oxygens (including phenoxy) is 1. The van der Waals surface area contributed by atoms with Gasteiger partial charge in [0.05, 0.1) is 33.7 Å². The van der Waals surface area contributed by atoms with Gasteiger partial charge in [-0.1, -0.05) is 23.7 Å². The summed E-state index contributed by atoms with van der Waals surface area (Å²) in [6, 6.07) is 9.63. The predicted molar refractivity (Wildman–Crippen MR) is 91.8 cm³/mol. The fourth-order valence-corrected chi connectivity index (χ4v) is 4.47. The maximum absolute atomic E-state index is 12.7. The SMILES string of the molecule is COC(=O)c1ccc(S(=O)(=O)CN2C(=O)c3ccccc3C2=O)c(Cl)c1. The van der Waals surface area contributed by atoms with Crippen LogP contribution in [0.2, 0.25) is 5.02 Å². The molecular formula is C17H12ClNO6S. The van der Waals surface area contributed by atoms with Crippen LogP contribution in [0.25, 0.3) is 0 Å². The van der Waals surface area contributed by atoms with Crippen LogP contribution in [0.5, 0.6) is 0 Å². The fourth-order valence-electron chi connectivity index (χ4n) is 2.59. The molecule has 7 nitrogen and oxygen atoms in total. The minimum absolute atomic E-state index is 0.0807. The van der Waals surface area contributed by atoms with Crippen molar-refractivity contribution in [1.82, 2.24) is 4.90 Å². The third-order valence-corrected chi connectivity index (χ3v) is 5.91. The third kappa shape index (κ3) is 2.97. The smallest absolute Gasteiger partial charge is 0.337 e. The van der Waals surface area contributed by atoms with Crippen molar-refractivity contribution < 1.29 is 27.5 Å². The molecule has 0 radical (unpaired) electrons. The molecule has 2 aromatic rings. The van der Waals surface area contributed by atoms with Crippen molar-refractivity contribution in [1.29, 1.82) is 0 Å². The first-order chi connectivity index (χ1) is 12.3. The Morgan fingerprint density at radius 3 is 2.15 bits per heavy atom. The van der Waals surface area contributed by atoms with E-state index in [1.54, 1.807) is 12.1 Å². The number of esters is 1. The largest absolute Gasteiger partial charge is 0.465 e. The van der Waals surface area contributed by atoms with Crippen LogP contribution in [0, 0.1) is 0 Å². The molecule has 0 fully saturated rings. The maximum Gasteiger partial charge on any atom is 0.337 e. The van der Waals surface area contributed by atoms with Crippen molar-refractivity contribution in [3.63, 3.8) is 0 Å². The quantitative estimate of drug-likeness (QED) is 0.583. The maximum atomic E-state index is 12.7. The van der Waals surface area contributed by atoms with E-state index in [2.05, 4.69) is 4.74 Å². The van der Waals surface area contributed by atoms with Crippen LogP contribution in [-0.2, 0) is 14.6 Å². The zero-order valence-electron chi connectivity index (χ0n) is 13.4. The topological polar surface area (TPSA) is 97.8 Å². The number of rotatable bonds is 4. The summed E-state index contributed by atoms with van der Waals surface area (Å²) >= 11 is 5.99. The summed E-state index contributed by atoms with van der Waals surface area (Å²) in [5.74, 6) is -2.89. The average Bonchev–Trinajstić information content (AvgIpc) is 2.85. The Morgan fingerprint density at radius 1 is 1.08 bits per heavy atom. The summed E-state index contributed by atoms with van der Waals surface area (Å²) in [6.07, 6.45) is 0. The lowest BCUT2D eigenvalue weighted by molar-refractivity contribution is 0.0599. The molecule has 1 aliphatic heterocycles. The number of nitrogens with zero attached hydrogens (tertiary/aromatic N) is 1. The lowest BCUT2D eigenvalue weighted by Crippen LogP contribution is -2.35. The highest BCUT2D eigenvalue weighted by atomic mass is 35.5. The molecule has 1 heterocycles. The van der Waals surface area contributed by atoms with E-state index < -0.39 is 33.5 Å². The predicted octanol–water partition coefficient (Wildman–Crippen LogP) is 2.15. The molecule has 26 heavy (non-hydrogen) atoms. The lowest BCUT2D eigenvalue weighted by atomic mass is 10.1. The Bertz CT molecular complexity index is 1010. The van der Waals surface area contributed by atoms with Gasteiger partial charge in [-0.15, -0.1) is 0 Å². The highest BCUT2D eigenvalue weighted by molar-refractivity contribution is 7.91. The standard InChI is InChI=1S/C17H12ClNO6S/c1-25-17(22)10-6-7-14(13(18)8-10)26(23,24)9-19-15(20)11-4-2-3-5-12(11)16(19)21/h2-8H,9H2,1H3. The number of fused-ring (bicyclic) bond motifs is 1. The summed E-state index contributed by atoms with van der Waals surface area (Å²) in [7, 11) is -2.92. The number of carbonyl (C=O) groups is 3. The number of sulfone groups is 1. The first-order valence-electron chi connectivity index (χ1n) is 7.32. The third-order valence-electron chi connectivity index (χ3n) is 3.87. The van der Waals surface area contributed by atoms with Crippen molar-refractivity contribution in [2.24, 2.45) is 0 Å². The Morgan fingerprint density at radius 2 is 1.65 bits per heavy atom. The minimum Gasteiger partial charge on any atom is -0.465 e. The number of amides is 2. The van der Waals surface area contributed by atoms with E-state index in [9.17, 15) is 22.8 Å². The van der Waals surface area contributed by atoms with Crippen molar-refractivity contribution in [3.05, 3.63) is 64.2 Å². The molecule has 0 unspecified atom stereocenters. The highest BCUT2D eigenvalue weighted by Crippen LogP contribution is 2.28. The molecule has 2 amide bonds. The molecule has 0 N–H and O–H groups in total. The molecular weight excluding hydrogens is 382 g/mol. The van der Waals surface area contributed by atoms with Gasteiger partial charge in [0.1, 0.15) is 5.88 Å². The van der Waals surface area contributed by atoms with Crippen LogP contribution in [0.1, 0.15) is 31.1 Å². The number of carbonyl (C=O) groups excluding carboxylic acids is 3. The summed E-state index contributed by atoms with van der Waals surface area (Å²) in [6.45, 7) is 0. The highest BCUT2D eigenvalue weighted by Gasteiger charge is 2.38. The van der Waals surface area contributed by atoms with Gasteiger partial charge in [0.15, 0.2) is 9.84 Å². The number of hydrogen-bond acceptors (Lipinski definition) is 6. The number of benzene rings is 2. The Kier molecular flexibility index (Phi) is 4.55. The Hall–Kier alpha value is -2.71. The second kappa shape index (κ2) is 6.54. The van der Waals surface area contributed by atoms with Gasteiger partial charge in [0, 0.05) is 0 Å². The molecule has 134 valence electrons. The van der Waals surface area contributed by atoms with Crippen LogP contribution in [0.3, 0.4) is 0 Å². The number of methoxy groups -OCH3 is 1. The molecule has 1 aliphatic rings. The van der Waals surface area contributed by atoms with E-state index in [0.717, 1.165) is 12.1 Å². The van der Waals surface area contributed by atoms with Gasteiger partial charge in [-0.05, 0) is 30.3 Å². The minimum atomic E-state index is -4.11. The average molecular weight is 394 g/mol. The lowest BCUT2D eigenvalue weighted by Gasteiger charge is -2.15. The summed E-state index contributed by atoms with van der Waals surface area (Å²) in [5.41, 5.74) is 0.386. The Balaban J connectivity index is 1.92. The van der Waals surface area contributed by atoms with E-state index in [1.165, 1.54) is 25.3 Å². The van der Waals surface area contributed by atoms with Gasteiger partial charge in [-0.2, -0.15) is 0 Å². The van der Waals surface area contributed by atoms with Crippen molar-refractivity contribution in [2.75, 3.05) is 13.0 Å². The first kappa shape index (κ1) is 18.1. The van der Waals surface area contributed by atoms with Crippen LogP contribution in [0.15, 0.2) is 47.4 Å². The van der Waals surface area contributed by atoms with Crippen LogP contribution < -0.4 is 0 Å². The van der Waals surface area contributed by atoms with Gasteiger partial charge in [0.25, 0.3) is 11.8 Å². The zero-order valence-corrected chi connectivity index (χ0v) is 15.0. The van der Waals surface area contributed by atoms with E-state index in [0.29, 0.717) is 4.90 Å². The molecule has 9 heteroatoms. The zero-order chi connectivity index (χ0) is 19.1. The molecule has 0 atom stereocenters. The number of imide groups is 1. The molecule has 0 aliphatic carbocycles. The summed E-state index contributed by atoms with van der Waals surface area (Å²) < 4.78 is 29.9. The number of halogens is 1. The normalized spacial score (nSPS) is 13.7. The fraction of sp³-hybridized carbons (Fsp3) is 0.118. The van der Waals surface area contributed by atoms with E-state index in [4.69, 9.17) is 11.6 Å². The van der Waals surface area contributed by atoms with E-state index in [-0.39, 0.29) is 26.6 Å². The Labute approximate surface area is 154 Å². The summed E-state index contributed by atoms with van der Waals surface area (Å²) in [5, 5.41) is -0.204. The van der Waals surface area contributed by atoms with Gasteiger partial charge in [-0.25, -0.2) is 13.2 Å². The molecule has 0 saturated heterocycles. The molecule has 2 aromatic carbocycles. The monoisotopic (exact) mass is 393 g/mol. The molecule has 3 rings (SSSR count). The van der Waals surface area contributed by atoms with Crippen LogP contribution in [0.4, 0.5) is 0 Å².